The maximum absolute atomic E-state index is 11.9. The first-order valence-electron chi connectivity index (χ1n) is 7.72. The number of hydrogen-bond acceptors (Lipinski definition) is 2. The van der Waals surface area contributed by atoms with Gasteiger partial charge < -0.3 is 9.64 Å². The van der Waals surface area contributed by atoms with Crippen LogP contribution < -0.4 is 0 Å². The second-order valence-corrected chi connectivity index (χ2v) is 5.77. The van der Waals surface area contributed by atoms with Crippen molar-refractivity contribution in [2.75, 3.05) is 26.3 Å². The van der Waals surface area contributed by atoms with Crippen molar-refractivity contribution in [1.82, 2.24) is 4.90 Å². The monoisotopic (exact) mass is 253 g/mol. The Morgan fingerprint density at radius 1 is 1.00 bits per heavy atom. The molecule has 0 spiro atoms. The Balaban J connectivity index is 1.52. The van der Waals surface area contributed by atoms with E-state index in [0.29, 0.717) is 18.9 Å². The summed E-state index contributed by atoms with van der Waals surface area (Å²) in [6.07, 6.45) is 11.0. The summed E-state index contributed by atoms with van der Waals surface area (Å²) in [6, 6.07) is 0. The van der Waals surface area contributed by atoms with Gasteiger partial charge in [-0.1, -0.05) is 19.3 Å². The molecule has 0 atom stereocenters. The lowest BCUT2D eigenvalue weighted by atomic mass is 9.90. The number of piperidine rings is 1. The fourth-order valence-corrected chi connectivity index (χ4v) is 3.06. The van der Waals surface area contributed by atoms with Crippen LogP contribution in [0.4, 0.5) is 0 Å². The average Bonchev–Trinajstić information content (AvgIpc) is 2.45. The lowest BCUT2D eigenvalue weighted by Crippen LogP contribution is -2.36. The van der Waals surface area contributed by atoms with E-state index in [4.69, 9.17) is 4.74 Å². The van der Waals surface area contributed by atoms with Crippen molar-refractivity contribution in [1.29, 1.82) is 0 Å². The molecular formula is C15H27NO2. The molecule has 1 aliphatic carbocycles. The second kappa shape index (κ2) is 7.78. The van der Waals surface area contributed by atoms with E-state index < -0.39 is 0 Å². The van der Waals surface area contributed by atoms with Gasteiger partial charge in [0.1, 0.15) is 0 Å². The van der Waals surface area contributed by atoms with Gasteiger partial charge in [0.05, 0.1) is 13.0 Å². The molecule has 2 aliphatic rings. The summed E-state index contributed by atoms with van der Waals surface area (Å²) in [5, 5.41) is 0. The molecule has 0 bridgehead atoms. The molecule has 1 heterocycles. The second-order valence-electron chi connectivity index (χ2n) is 5.77. The molecule has 18 heavy (non-hydrogen) atoms. The topological polar surface area (TPSA) is 29.5 Å². The van der Waals surface area contributed by atoms with Crippen molar-refractivity contribution < 1.29 is 9.53 Å². The Kier molecular flexibility index (Phi) is 5.98. The molecule has 3 nitrogen and oxygen atoms in total. The van der Waals surface area contributed by atoms with E-state index in [1.807, 2.05) is 4.90 Å². The van der Waals surface area contributed by atoms with E-state index in [1.54, 1.807) is 0 Å². The van der Waals surface area contributed by atoms with Crippen LogP contribution in [0, 0.1) is 5.92 Å². The molecule has 0 unspecified atom stereocenters. The van der Waals surface area contributed by atoms with Crippen LogP contribution >= 0.6 is 0 Å². The van der Waals surface area contributed by atoms with E-state index in [9.17, 15) is 4.79 Å². The number of nitrogens with zero attached hydrogens (tertiary/aromatic N) is 1. The quantitative estimate of drug-likeness (QED) is 0.705. The van der Waals surface area contributed by atoms with E-state index in [-0.39, 0.29) is 0 Å². The third kappa shape index (κ3) is 4.60. The molecule has 1 saturated carbocycles. The van der Waals surface area contributed by atoms with Crippen LogP contribution in [-0.4, -0.2) is 37.1 Å². The van der Waals surface area contributed by atoms with Crippen LogP contribution in [0.3, 0.4) is 0 Å². The molecule has 2 fully saturated rings. The number of carbonyl (C=O) groups is 1. The van der Waals surface area contributed by atoms with Crippen molar-refractivity contribution >= 4 is 5.91 Å². The number of amides is 1. The zero-order valence-electron chi connectivity index (χ0n) is 11.5. The van der Waals surface area contributed by atoms with Crippen LogP contribution in [0.25, 0.3) is 0 Å². The van der Waals surface area contributed by atoms with Gasteiger partial charge >= 0.3 is 0 Å². The molecular weight excluding hydrogens is 226 g/mol. The number of likely N-dealkylation sites (tertiary alicyclic amines) is 1. The van der Waals surface area contributed by atoms with Gasteiger partial charge in [-0.05, 0) is 38.0 Å². The van der Waals surface area contributed by atoms with Crippen molar-refractivity contribution in [3.63, 3.8) is 0 Å². The molecule has 0 radical (unpaired) electrons. The fraction of sp³-hybridized carbons (Fsp3) is 0.933. The maximum atomic E-state index is 11.9. The molecule has 0 aromatic heterocycles. The molecule has 104 valence electrons. The summed E-state index contributed by atoms with van der Waals surface area (Å²) in [7, 11) is 0. The van der Waals surface area contributed by atoms with Crippen LogP contribution in [-0.2, 0) is 9.53 Å². The number of ether oxygens (including phenoxy) is 1. The van der Waals surface area contributed by atoms with Gasteiger partial charge in [0, 0.05) is 19.7 Å². The van der Waals surface area contributed by atoms with Gasteiger partial charge in [-0.2, -0.15) is 0 Å². The molecule has 3 heteroatoms. The average molecular weight is 253 g/mol. The van der Waals surface area contributed by atoms with Crippen LogP contribution in [0.2, 0.25) is 0 Å². The van der Waals surface area contributed by atoms with Gasteiger partial charge in [-0.25, -0.2) is 0 Å². The summed E-state index contributed by atoms with van der Waals surface area (Å²) in [4.78, 5) is 13.9. The molecule has 0 aromatic carbocycles. The Hall–Kier alpha value is -0.570. The molecule has 0 N–H and O–H groups in total. The summed E-state index contributed by atoms with van der Waals surface area (Å²) < 4.78 is 5.69. The Labute approximate surface area is 111 Å². The van der Waals surface area contributed by atoms with Crippen LogP contribution in [0.5, 0.6) is 0 Å². The van der Waals surface area contributed by atoms with Crippen molar-refractivity contribution in [3.05, 3.63) is 0 Å². The highest BCUT2D eigenvalue weighted by atomic mass is 16.5. The lowest BCUT2D eigenvalue weighted by molar-refractivity contribution is -0.133. The molecule has 2 rings (SSSR count). The Bertz CT molecular complexity index is 243. The first-order chi connectivity index (χ1) is 8.86. The number of rotatable bonds is 5. The van der Waals surface area contributed by atoms with E-state index in [1.165, 1.54) is 51.4 Å². The fourth-order valence-electron chi connectivity index (χ4n) is 3.06. The summed E-state index contributed by atoms with van der Waals surface area (Å²) in [5.41, 5.74) is 0. The van der Waals surface area contributed by atoms with Crippen molar-refractivity contribution in [2.45, 2.75) is 57.8 Å². The minimum Gasteiger partial charge on any atom is -0.381 e. The summed E-state index contributed by atoms with van der Waals surface area (Å²) >= 11 is 0. The van der Waals surface area contributed by atoms with Crippen molar-refractivity contribution in [3.8, 4) is 0 Å². The normalized spacial score (nSPS) is 22.1. The zero-order chi connectivity index (χ0) is 12.6. The maximum Gasteiger partial charge on any atom is 0.224 e. The predicted molar refractivity (Wildman–Crippen MR) is 72.4 cm³/mol. The van der Waals surface area contributed by atoms with E-state index in [2.05, 4.69) is 0 Å². The number of hydrogen-bond donors (Lipinski definition) is 0. The van der Waals surface area contributed by atoms with Gasteiger partial charge in [-0.15, -0.1) is 0 Å². The Morgan fingerprint density at radius 2 is 1.67 bits per heavy atom. The predicted octanol–water partition coefficient (Wildman–Crippen LogP) is 2.99. The minimum absolute atomic E-state index is 0.290. The third-order valence-corrected chi connectivity index (χ3v) is 4.25. The molecule has 1 amide bonds. The van der Waals surface area contributed by atoms with Crippen LogP contribution in [0.1, 0.15) is 57.8 Å². The summed E-state index contributed by atoms with van der Waals surface area (Å²) in [5.74, 6) is 1.04. The summed E-state index contributed by atoms with van der Waals surface area (Å²) in [6.45, 7) is 3.40. The third-order valence-electron chi connectivity index (χ3n) is 4.25. The first-order valence-corrected chi connectivity index (χ1v) is 7.72. The van der Waals surface area contributed by atoms with Crippen LogP contribution in [0.15, 0.2) is 0 Å². The SMILES string of the molecule is O=C(CCOCC1CCCCC1)N1CCCCC1. The highest BCUT2D eigenvalue weighted by Gasteiger charge is 2.17. The zero-order valence-corrected chi connectivity index (χ0v) is 11.5. The van der Waals surface area contributed by atoms with Gasteiger partial charge in [0.25, 0.3) is 0 Å². The highest BCUT2D eigenvalue weighted by molar-refractivity contribution is 5.76. The standard InChI is InChI=1S/C15H27NO2/c17-15(16-10-5-2-6-11-16)9-12-18-13-14-7-3-1-4-8-14/h14H,1-13H2. The smallest absolute Gasteiger partial charge is 0.224 e. The molecule has 1 aliphatic heterocycles. The lowest BCUT2D eigenvalue weighted by Gasteiger charge is -2.27. The number of carbonyl (C=O) groups excluding carboxylic acids is 1. The van der Waals surface area contributed by atoms with Crippen molar-refractivity contribution in [2.24, 2.45) is 5.92 Å². The van der Waals surface area contributed by atoms with E-state index >= 15 is 0 Å². The van der Waals surface area contributed by atoms with E-state index in [0.717, 1.165) is 25.6 Å². The van der Waals surface area contributed by atoms with Gasteiger partial charge in [0.2, 0.25) is 5.91 Å². The highest BCUT2D eigenvalue weighted by Crippen LogP contribution is 2.23. The largest absolute Gasteiger partial charge is 0.381 e. The molecule has 0 aromatic rings. The van der Waals surface area contributed by atoms with Gasteiger partial charge in [0.15, 0.2) is 0 Å². The Morgan fingerprint density at radius 3 is 2.39 bits per heavy atom. The first kappa shape index (κ1) is 13.9. The van der Waals surface area contributed by atoms with Gasteiger partial charge in [-0.3, -0.25) is 4.79 Å². The minimum atomic E-state index is 0.290. The molecule has 1 saturated heterocycles.